The van der Waals surface area contributed by atoms with Crippen LogP contribution in [0.4, 0.5) is 5.69 Å². The number of hydrogen-bond acceptors (Lipinski definition) is 4. The summed E-state index contributed by atoms with van der Waals surface area (Å²) in [5, 5.41) is 5.65. The first-order chi connectivity index (χ1) is 13.6. The van der Waals surface area contributed by atoms with Gasteiger partial charge in [0, 0.05) is 36.8 Å². The summed E-state index contributed by atoms with van der Waals surface area (Å²) in [7, 11) is 0. The minimum atomic E-state index is -0.340. The molecule has 7 nitrogen and oxygen atoms in total. The van der Waals surface area contributed by atoms with Crippen LogP contribution in [0, 0.1) is 5.92 Å². The van der Waals surface area contributed by atoms with Crippen LogP contribution in [0.1, 0.15) is 47.1 Å². The van der Waals surface area contributed by atoms with Crippen LogP contribution in [0.15, 0.2) is 47.1 Å². The Bertz CT molecular complexity index is 807. The third kappa shape index (κ3) is 4.79. The van der Waals surface area contributed by atoms with Crippen molar-refractivity contribution in [2.24, 2.45) is 5.92 Å². The standard InChI is InChI=1S/C21H25N3O4/c1-2-11-22-19(25)15-9-12-24(13-10-15)21(27)16-5-7-17(8-6-16)23-20(26)18-4-3-14-28-18/h3-8,14-15H,2,9-13H2,1H3,(H,22,25)(H,23,26). The molecule has 148 valence electrons. The van der Waals surface area contributed by atoms with Gasteiger partial charge >= 0.3 is 0 Å². The van der Waals surface area contributed by atoms with Gasteiger partial charge in [-0.25, -0.2) is 0 Å². The molecular formula is C21H25N3O4. The van der Waals surface area contributed by atoms with Crippen molar-refractivity contribution in [2.75, 3.05) is 25.0 Å². The summed E-state index contributed by atoms with van der Waals surface area (Å²) in [6.07, 6.45) is 3.71. The number of nitrogens with zero attached hydrogens (tertiary/aromatic N) is 1. The van der Waals surface area contributed by atoms with Gasteiger partial charge in [-0.05, 0) is 55.7 Å². The Kier molecular flexibility index (Phi) is 6.47. The summed E-state index contributed by atoms with van der Waals surface area (Å²) in [4.78, 5) is 38.5. The molecule has 1 aromatic heterocycles. The lowest BCUT2D eigenvalue weighted by Gasteiger charge is -2.31. The number of piperidine rings is 1. The quantitative estimate of drug-likeness (QED) is 0.802. The Morgan fingerprint density at radius 1 is 1.11 bits per heavy atom. The zero-order chi connectivity index (χ0) is 19.9. The number of likely N-dealkylation sites (tertiary alicyclic amines) is 1. The number of carbonyl (C=O) groups is 3. The molecule has 0 radical (unpaired) electrons. The van der Waals surface area contributed by atoms with E-state index < -0.39 is 0 Å². The molecule has 2 aromatic rings. The van der Waals surface area contributed by atoms with E-state index in [1.807, 2.05) is 6.92 Å². The van der Waals surface area contributed by atoms with E-state index in [0.717, 1.165) is 6.42 Å². The second-order valence-electron chi connectivity index (χ2n) is 6.87. The van der Waals surface area contributed by atoms with E-state index in [0.29, 0.717) is 43.7 Å². The van der Waals surface area contributed by atoms with Crippen molar-refractivity contribution in [2.45, 2.75) is 26.2 Å². The lowest BCUT2D eigenvalue weighted by atomic mass is 9.95. The maximum Gasteiger partial charge on any atom is 0.291 e. The molecule has 0 saturated carbocycles. The number of carbonyl (C=O) groups excluding carboxylic acids is 3. The molecule has 1 aliphatic rings. The Labute approximate surface area is 164 Å². The van der Waals surface area contributed by atoms with E-state index in [1.165, 1.54) is 6.26 Å². The van der Waals surface area contributed by atoms with Crippen LogP contribution in [0.3, 0.4) is 0 Å². The van der Waals surface area contributed by atoms with Gasteiger partial charge in [0.15, 0.2) is 5.76 Å². The van der Waals surface area contributed by atoms with Gasteiger partial charge in [-0.2, -0.15) is 0 Å². The molecule has 3 amide bonds. The van der Waals surface area contributed by atoms with E-state index in [-0.39, 0.29) is 29.4 Å². The third-order valence-corrected chi connectivity index (χ3v) is 4.84. The van der Waals surface area contributed by atoms with Gasteiger partial charge in [-0.3, -0.25) is 14.4 Å². The predicted octanol–water partition coefficient (Wildman–Crippen LogP) is 2.91. The number of benzene rings is 1. The summed E-state index contributed by atoms with van der Waals surface area (Å²) < 4.78 is 5.05. The number of rotatable bonds is 6. The maximum atomic E-state index is 12.7. The van der Waals surface area contributed by atoms with Gasteiger partial charge in [0.1, 0.15) is 0 Å². The van der Waals surface area contributed by atoms with E-state index in [1.54, 1.807) is 41.3 Å². The first kappa shape index (κ1) is 19.7. The van der Waals surface area contributed by atoms with Crippen LogP contribution in [0.5, 0.6) is 0 Å². The molecule has 1 aliphatic heterocycles. The summed E-state index contributed by atoms with van der Waals surface area (Å²) >= 11 is 0. The molecule has 2 N–H and O–H groups in total. The van der Waals surface area contributed by atoms with E-state index in [9.17, 15) is 14.4 Å². The smallest absolute Gasteiger partial charge is 0.291 e. The fourth-order valence-electron chi connectivity index (χ4n) is 3.22. The van der Waals surface area contributed by atoms with Crippen LogP contribution in [-0.4, -0.2) is 42.3 Å². The second-order valence-corrected chi connectivity index (χ2v) is 6.87. The molecule has 28 heavy (non-hydrogen) atoms. The topological polar surface area (TPSA) is 91.7 Å². The Morgan fingerprint density at radius 2 is 1.82 bits per heavy atom. The lowest BCUT2D eigenvalue weighted by Crippen LogP contribution is -2.43. The number of nitrogens with one attached hydrogen (secondary N) is 2. The molecule has 3 rings (SSSR count). The highest BCUT2D eigenvalue weighted by Gasteiger charge is 2.27. The molecule has 0 bridgehead atoms. The van der Waals surface area contributed by atoms with Crippen molar-refractivity contribution in [3.63, 3.8) is 0 Å². The molecule has 1 saturated heterocycles. The minimum Gasteiger partial charge on any atom is -0.459 e. The zero-order valence-corrected chi connectivity index (χ0v) is 15.9. The monoisotopic (exact) mass is 383 g/mol. The molecule has 0 aliphatic carbocycles. The van der Waals surface area contributed by atoms with Crippen molar-refractivity contribution < 1.29 is 18.8 Å². The van der Waals surface area contributed by atoms with E-state index >= 15 is 0 Å². The highest BCUT2D eigenvalue weighted by Crippen LogP contribution is 2.20. The van der Waals surface area contributed by atoms with Crippen molar-refractivity contribution in [3.05, 3.63) is 54.0 Å². The summed E-state index contributed by atoms with van der Waals surface area (Å²) in [6, 6.07) is 10.0. The first-order valence-electron chi connectivity index (χ1n) is 9.60. The van der Waals surface area contributed by atoms with Gasteiger partial charge in [-0.1, -0.05) is 6.92 Å². The molecular weight excluding hydrogens is 358 g/mol. The van der Waals surface area contributed by atoms with Crippen molar-refractivity contribution in [3.8, 4) is 0 Å². The fourth-order valence-corrected chi connectivity index (χ4v) is 3.22. The average molecular weight is 383 g/mol. The van der Waals surface area contributed by atoms with E-state index in [4.69, 9.17) is 4.42 Å². The van der Waals surface area contributed by atoms with Gasteiger partial charge in [0.25, 0.3) is 11.8 Å². The van der Waals surface area contributed by atoms with E-state index in [2.05, 4.69) is 10.6 Å². The average Bonchev–Trinajstić information content (AvgIpc) is 3.27. The van der Waals surface area contributed by atoms with Crippen molar-refractivity contribution in [1.82, 2.24) is 10.2 Å². The highest BCUT2D eigenvalue weighted by atomic mass is 16.3. The Balaban J connectivity index is 1.52. The Hall–Kier alpha value is -3.09. The predicted molar refractivity (Wildman–Crippen MR) is 105 cm³/mol. The normalized spacial score (nSPS) is 14.5. The molecule has 0 atom stereocenters. The fraction of sp³-hybridized carbons (Fsp3) is 0.381. The SMILES string of the molecule is CCCNC(=O)C1CCN(C(=O)c2ccc(NC(=O)c3ccco3)cc2)CC1. The lowest BCUT2D eigenvalue weighted by molar-refractivity contribution is -0.126. The van der Waals surface area contributed by atoms with Crippen LogP contribution in [0.25, 0.3) is 0 Å². The zero-order valence-electron chi connectivity index (χ0n) is 15.9. The number of anilines is 1. The first-order valence-corrected chi connectivity index (χ1v) is 9.60. The van der Waals surface area contributed by atoms with Gasteiger partial charge in [-0.15, -0.1) is 0 Å². The summed E-state index contributed by atoms with van der Waals surface area (Å²) in [5.41, 5.74) is 1.15. The second kappa shape index (κ2) is 9.21. The van der Waals surface area contributed by atoms with Gasteiger partial charge in [0.2, 0.25) is 5.91 Å². The van der Waals surface area contributed by atoms with Crippen molar-refractivity contribution in [1.29, 1.82) is 0 Å². The third-order valence-electron chi connectivity index (χ3n) is 4.84. The van der Waals surface area contributed by atoms with Crippen LogP contribution in [0.2, 0.25) is 0 Å². The number of furan rings is 1. The van der Waals surface area contributed by atoms with Gasteiger partial charge < -0.3 is 20.0 Å². The Morgan fingerprint density at radius 3 is 2.43 bits per heavy atom. The molecule has 7 heteroatoms. The van der Waals surface area contributed by atoms with Gasteiger partial charge in [0.05, 0.1) is 6.26 Å². The molecule has 2 heterocycles. The summed E-state index contributed by atoms with van der Waals surface area (Å²) in [5.74, 6) is -0.102. The van der Waals surface area contributed by atoms with Crippen molar-refractivity contribution >= 4 is 23.4 Å². The highest BCUT2D eigenvalue weighted by molar-refractivity contribution is 6.02. The molecule has 1 aromatic carbocycles. The minimum absolute atomic E-state index is 0.0187. The molecule has 1 fully saturated rings. The molecule has 0 spiro atoms. The van der Waals surface area contributed by atoms with Crippen LogP contribution >= 0.6 is 0 Å². The van der Waals surface area contributed by atoms with Crippen LogP contribution < -0.4 is 10.6 Å². The molecule has 0 unspecified atom stereocenters. The summed E-state index contributed by atoms with van der Waals surface area (Å²) in [6.45, 7) is 3.86. The number of hydrogen-bond donors (Lipinski definition) is 2. The maximum absolute atomic E-state index is 12.7. The largest absolute Gasteiger partial charge is 0.459 e. The van der Waals surface area contributed by atoms with Crippen LogP contribution in [-0.2, 0) is 4.79 Å². The number of amides is 3.